The number of halogens is 1. The molecule has 0 unspecified atom stereocenters. The highest BCUT2D eigenvalue weighted by molar-refractivity contribution is 6.31. The van der Waals surface area contributed by atoms with Crippen molar-refractivity contribution in [3.8, 4) is 5.75 Å². The maximum atomic E-state index is 14.4. The van der Waals surface area contributed by atoms with Crippen molar-refractivity contribution in [2.24, 2.45) is 10.1 Å². The van der Waals surface area contributed by atoms with Crippen molar-refractivity contribution in [3.63, 3.8) is 0 Å². The van der Waals surface area contributed by atoms with Crippen molar-refractivity contribution in [1.82, 2.24) is 10.9 Å². The number of nitrogens with zero attached hydrogens (tertiary/aromatic N) is 4. The van der Waals surface area contributed by atoms with Crippen LogP contribution < -0.4 is 15.6 Å². The van der Waals surface area contributed by atoms with Crippen LogP contribution in [0.1, 0.15) is 40.3 Å². The highest BCUT2D eigenvalue weighted by Crippen LogP contribution is 2.43. The molecule has 0 radical (unpaired) electrons. The van der Waals surface area contributed by atoms with E-state index in [1.807, 2.05) is 91.0 Å². The van der Waals surface area contributed by atoms with Crippen molar-refractivity contribution in [2.45, 2.75) is 37.5 Å². The molecular formula is C35H35ClN6O4. The molecule has 4 aromatic carbocycles. The third-order valence-electron chi connectivity index (χ3n) is 7.67. The summed E-state index contributed by atoms with van der Waals surface area (Å²) >= 11 is 6.34. The number of nitrogens with one attached hydrogen (secondary N) is 2. The zero-order valence-electron chi connectivity index (χ0n) is 25.2. The van der Waals surface area contributed by atoms with Crippen LogP contribution >= 0.6 is 11.6 Å². The first-order valence-corrected chi connectivity index (χ1v) is 15.4. The Kier molecular flexibility index (Phi) is 11.3. The van der Waals surface area contributed by atoms with Gasteiger partial charge in [-0.25, -0.2) is 10.4 Å². The van der Waals surface area contributed by atoms with Crippen LogP contribution in [0.5, 0.6) is 5.75 Å². The van der Waals surface area contributed by atoms with E-state index in [4.69, 9.17) is 36.7 Å². The lowest BCUT2D eigenvalue weighted by molar-refractivity contribution is -0.130. The molecule has 4 aromatic rings. The van der Waals surface area contributed by atoms with Gasteiger partial charge in [-0.2, -0.15) is 0 Å². The normalized spacial score (nSPS) is 17.0. The predicted molar refractivity (Wildman–Crippen MR) is 177 cm³/mol. The quantitative estimate of drug-likeness (QED) is 0.0462. The van der Waals surface area contributed by atoms with Crippen LogP contribution in [0.25, 0.3) is 10.4 Å². The average Bonchev–Trinajstić information content (AvgIpc) is 3.47. The lowest BCUT2D eigenvalue weighted by Gasteiger charge is -2.31. The van der Waals surface area contributed by atoms with Gasteiger partial charge < -0.3 is 14.6 Å². The molecule has 0 fully saturated rings. The molecule has 1 aliphatic rings. The number of aliphatic imine (C=N–C) groups is 1. The average molecular weight is 639 g/mol. The van der Waals surface area contributed by atoms with Gasteiger partial charge in [0.05, 0.1) is 13.2 Å². The van der Waals surface area contributed by atoms with Crippen molar-refractivity contribution < 1.29 is 19.4 Å². The number of amides is 1. The van der Waals surface area contributed by atoms with E-state index in [1.54, 1.807) is 12.1 Å². The Labute approximate surface area is 272 Å². The van der Waals surface area contributed by atoms with Crippen LogP contribution in [0.3, 0.4) is 0 Å². The fraction of sp³-hybridized carbons (Fsp3) is 0.257. The number of hydrazine groups is 1. The molecule has 2 atom stereocenters. The fourth-order valence-electron chi connectivity index (χ4n) is 5.36. The minimum atomic E-state index is -1.43. The summed E-state index contributed by atoms with van der Waals surface area (Å²) in [4.78, 5) is 22.4. The Hall–Kier alpha value is -4.86. The molecule has 1 heterocycles. The number of aliphatic hydroxyl groups excluding tert-OH is 1. The number of carbonyl (C=O) groups excluding carboxylic acids is 1. The molecule has 1 aliphatic heterocycles. The Morgan fingerprint density at radius 1 is 1.00 bits per heavy atom. The smallest absolute Gasteiger partial charge is 0.266 e. The number of azide groups is 1. The Balaban J connectivity index is 1.51. The number of carbonyl (C=O) groups is 1. The third kappa shape index (κ3) is 7.85. The maximum Gasteiger partial charge on any atom is 0.266 e. The standard InChI is InChI=1S/C35H35ClN6O4/c36-31-14-7-5-11-26(31)19-20-38-41-34(44)35(23-25-9-2-1-3-10-25)32(30-13-6-4-12-28(30)24-39-42-37)46-33(40-35)27-15-17-29(18-16-27)45-22-8-21-43/h1-7,9-18,32,38,43H,8,19-24H2,(H,41,44)/t32-,35-/m0/s1. The molecule has 11 heteroatoms. The topological polar surface area (TPSA) is 141 Å². The second-order valence-corrected chi connectivity index (χ2v) is 11.2. The summed E-state index contributed by atoms with van der Waals surface area (Å²) < 4.78 is 12.3. The molecule has 0 saturated carbocycles. The van der Waals surface area contributed by atoms with Crippen LogP contribution in [0.2, 0.25) is 5.02 Å². The predicted octanol–water partition coefficient (Wildman–Crippen LogP) is 6.27. The molecule has 0 saturated heterocycles. The van der Waals surface area contributed by atoms with E-state index in [-0.39, 0.29) is 25.5 Å². The van der Waals surface area contributed by atoms with Gasteiger partial charge in [-0.3, -0.25) is 10.2 Å². The van der Waals surface area contributed by atoms with Crippen LogP contribution in [-0.4, -0.2) is 42.2 Å². The van der Waals surface area contributed by atoms with Gasteiger partial charge in [0.2, 0.25) is 5.90 Å². The molecule has 46 heavy (non-hydrogen) atoms. The van der Waals surface area contributed by atoms with Crippen molar-refractivity contribution in [2.75, 3.05) is 19.8 Å². The highest BCUT2D eigenvalue weighted by atomic mass is 35.5. The number of benzene rings is 4. The third-order valence-corrected chi connectivity index (χ3v) is 8.04. The van der Waals surface area contributed by atoms with E-state index in [1.165, 1.54) is 0 Å². The van der Waals surface area contributed by atoms with Crippen molar-refractivity contribution in [1.29, 1.82) is 0 Å². The Morgan fingerprint density at radius 3 is 2.46 bits per heavy atom. The summed E-state index contributed by atoms with van der Waals surface area (Å²) in [5.41, 5.74) is 17.6. The molecule has 0 spiro atoms. The lowest BCUT2D eigenvalue weighted by atomic mass is 9.81. The number of hydrogen-bond donors (Lipinski definition) is 3. The molecule has 0 aromatic heterocycles. The second kappa shape index (κ2) is 15.9. The first-order valence-electron chi connectivity index (χ1n) is 15.0. The van der Waals surface area contributed by atoms with Gasteiger partial charge >= 0.3 is 0 Å². The van der Waals surface area contributed by atoms with Gasteiger partial charge in [0, 0.05) is 41.5 Å². The summed E-state index contributed by atoms with van der Waals surface area (Å²) in [6, 6.07) is 32.0. The van der Waals surface area contributed by atoms with E-state index >= 15 is 0 Å². The lowest BCUT2D eigenvalue weighted by Crippen LogP contribution is -2.54. The van der Waals surface area contributed by atoms with Crippen LogP contribution in [0, 0.1) is 0 Å². The van der Waals surface area contributed by atoms with Gasteiger partial charge in [-0.15, -0.1) is 0 Å². The van der Waals surface area contributed by atoms with E-state index in [0.29, 0.717) is 53.8 Å². The summed E-state index contributed by atoms with van der Waals surface area (Å²) in [5.74, 6) is 0.564. The number of hydrogen-bond acceptors (Lipinski definition) is 7. The molecule has 10 nitrogen and oxygen atoms in total. The molecule has 1 amide bonds. The van der Waals surface area contributed by atoms with Gasteiger partial charge in [0.1, 0.15) is 5.75 Å². The minimum Gasteiger partial charge on any atom is -0.494 e. The molecule has 0 aliphatic carbocycles. The first kappa shape index (κ1) is 32.5. The number of aliphatic hydroxyl groups is 1. The van der Waals surface area contributed by atoms with Crippen LogP contribution in [0.15, 0.2) is 113 Å². The van der Waals surface area contributed by atoms with Crippen molar-refractivity contribution in [3.05, 3.63) is 146 Å². The van der Waals surface area contributed by atoms with Gasteiger partial charge in [0.25, 0.3) is 5.91 Å². The maximum absolute atomic E-state index is 14.4. The van der Waals surface area contributed by atoms with Gasteiger partial charge in [-0.1, -0.05) is 89.5 Å². The summed E-state index contributed by atoms with van der Waals surface area (Å²) in [6.45, 7) is 0.956. The summed E-state index contributed by atoms with van der Waals surface area (Å²) in [6.07, 6.45) is 0.511. The zero-order chi connectivity index (χ0) is 32.2. The second-order valence-electron chi connectivity index (χ2n) is 10.8. The van der Waals surface area contributed by atoms with E-state index in [2.05, 4.69) is 20.9 Å². The van der Waals surface area contributed by atoms with Crippen LogP contribution in [0.4, 0.5) is 0 Å². The molecule has 3 N–H and O–H groups in total. The molecule has 5 rings (SSSR count). The van der Waals surface area contributed by atoms with E-state index in [0.717, 1.165) is 16.7 Å². The largest absolute Gasteiger partial charge is 0.494 e. The summed E-state index contributed by atoms with van der Waals surface area (Å²) in [5, 5.41) is 13.5. The van der Waals surface area contributed by atoms with E-state index < -0.39 is 11.6 Å². The minimum absolute atomic E-state index is 0.0473. The zero-order valence-corrected chi connectivity index (χ0v) is 25.9. The molecule has 0 bridgehead atoms. The SMILES string of the molecule is [N-]=[N+]=NCc1ccccc1[C@@H]1OC(c2ccc(OCCCO)cc2)=N[C@]1(Cc1ccccc1)C(=O)NNCCc1ccccc1Cl. The Bertz CT molecular complexity index is 1700. The first-order chi connectivity index (χ1) is 22.5. The van der Waals surface area contributed by atoms with Crippen molar-refractivity contribution >= 4 is 23.4 Å². The van der Waals surface area contributed by atoms with Crippen LogP contribution in [-0.2, 0) is 28.9 Å². The summed E-state index contributed by atoms with van der Waals surface area (Å²) in [7, 11) is 0. The van der Waals surface area contributed by atoms with E-state index in [9.17, 15) is 4.79 Å². The van der Waals surface area contributed by atoms with Gasteiger partial charge in [-0.05, 0) is 64.5 Å². The molecular weight excluding hydrogens is 604 g/mol. The number of rotatable bonds is 15. The highest BCUT2D eigenvalue weighted by Gasteiger charge is 2.53. The fourth-order valence-corrected chi connectivity index (χ4v) is 5.59. The van der Waals surface area contributed by atoms with Gasteiger partial charge in [0.15, 0.2) is 11.6 Å². The number of ether oxygens (including phenoxy) is 2. The molecule has 236 valence electrons. The Morgan fingerprint density at radius 2 is 1.72 bits per heavy atom. The monoisotopic (exact) mass is 638 g/mol.